The molecule has 0 aliphatic heterocycles. The lowest BCUT2D eigenvalue weighted by atomic mass is 10.1. The smallest absolute Gasteiger partial charge is 0.417 e. The second-order valence-corrected chi connectivity index (χ2v) is 6.71. The van der Waals surface area contributed by atoms with Crippen LogP contribution in [0.5, 0.6) is 0 Å². The van der Waals surface area contributed by atoms with Gasteiger partial charge in [0.15, 0.2) is 6.04 Å². The standard InChI is InChI=1S/C16H19ClF3NO5/c1-15(2,3)26-14(24)21-11(13(22)23)8-25-7-9-5-4-6-10(12(9)17)16(18,19)20/h4-6,11H,7-8H2,1-3H3,(H,21,24)(H,22,23)/t11-/m1/s1. The zero-order valence-corrected chi connectivity index (χ0v) is 15.1. The van der Waals surface area contributed by atoms with Crippen molar-refractivity contribution in [3.8, 4) is 0 Å². The lowest BCUT2D eigenvalue weighted by Crippen LogP contribution is -2.46. The summed E-state index contributed by atoms with van der Waals surface area (Å²) in [6, 6.07) is 1.89. The molecule has 1 aromatic carbocycles. The van der Waals surface area contributed by atoms with E-state index < -0.39 is 47.1 Å². The van der Waals surface area contributed by atoms with Gasteiger partial charge in [0.1, 0.15) is 5.60 Å². The van der Waals surface area contributed by atoms with Gasteiger partial charge in [-0.25, -0.2) is 9.59 Å². The molecule has 1 atom stereocenters. The van der Waals surface area contributed by atoms with Crippen LogP contribution in [0.15, 0.2) is 18.2 Å². The molecule has 26 heavy (non-hydrogen) atoms. The van der Waals surface area contributed by atoms with E-state index in [1.54, 1.807) is 20.8 Å². The van der Waals surface area contributed by atoms with Crippen LogP contribution in [-0.2, 0) is 27.1 Å². The third kappa shape index (κ3) is 7.09. The van der Waals surface area contributed by atoms with Crippen LogP contribution in [-0.4, -0.2) is 35.4 Å². The van der Waals surface area contributed by atoms with E-state index >= 15 is 0 Å². The second-order valence-electron chi connectivity index (χ2n) is 6.33. The number of hydrogen-bond acceptors (Lipinski definition) is 4. The molecule has 146 valence electrons. The summed E-state index contributed by atoms with van der Waals surface area (Å²) in [5.74, 6) is -1.38. The average molecular weight is 398 g/mol. The van der Waals surface area contributed by atoms with Crippen LogP contribution < -0.4 is 5.32 Å². The quantitative estimate of drug-likeness (QED) is 0.761. The van der Waals surface area contributed by atoms with Crippen LogP contribution in [0.25, 0.3) is 0 Å². The molecule has 0 aliphatic rings. The minimum Gasteiger partial charge on any atom is -0.480 e. The fourth-order valence-corrected chi connectivity index (χ4v) is 2.11. The zero-order valence-electron chi connectivity index (χ0n) is 14.3. The Balaban J connectivity index is 2.69. The molecule has 0 aliphatic carbocycles. The predicted molar refractivity (Wildman–Crippen MR) is 86.9 cm³/mol. The highest BCUT2D eigenvalue weighted by molar-refractivity contribution is 6.32. The van der Waals surface area contributed by atoms with Crippen LogP contribution in [0, 0.1) is 0 Å². The predicted octanol–water partition coefficient (Wildman–Crippen LogP) is 3.85. The number of halogens is 4. The van der Waals surface area contributed by atoms with E-state index in [-0.39, 0.29) is 12.2 Å². The Labute approximate surface area is 153 Å². The molecule has 0 radical (unpaired) electrons. The molecule has 1 amide bonds. The highest BCUT2D eigenvalue weighted by atomic mass is 35.5. The molecule has 0 heterocycles. The number of hydrogen-bond donors (Lipinski definition) is 2. The van der Waals surface area contributed by atoms with Gasteiger partial charge >= 0.3 is 18.2 Å². The van der Waals surface area contributed by atoms with Crippen molar-refractivity contribution >= 4 is 23.7 Å². The maximum absolute atomic E-state index is 12.8. The average Bonchev–Trinajstić information content (AvgIpc) is 2.44. The van der Waals surface area contributed by atoms with Crippen molar-refractivity contribution in [3.63, 3.8) is 0 Å². The lowest BCUT2D eigenvalue weighted by molar-refractivity contribution is -0.141. The Morgan fingerprint density at radius 3 is 2.38 bits per heavy atom. The van der Waals surface area contributed by atoms with E-state index in [1.807, 2.05) is 0 Å². The summed E-state index contributed by atoms with van der Waals surface area (Å²) < 4.78 is 48.5. The summed E-state index contributed by atoms with van der Waals surface area (Å²) in [5.41, 5.74) is -1.79. The first-order chi connectivity index (χ1) is 11.8. The third-order valence-electron chi connectivity index (χ3n) is 2.92. The molecule has 0 fully saturated rings. The Morgan fingerprint density at radius 1 is 1.27 bits per heavy atom. The van der Waals surface area contributed by atoms with Crippen LogP contribution in [0.3, 0.4) is 0 Å². The number of aliphatic carboxylic acids is 1. The summed E-state index contributed by atoms with van der Waals surface area (Å²) in [6.45, 7) is 3.97. The molecule has 10 heteroatoms. The van der Waals surface area contributed by atoms with Crippen molar-refractivity contribution in [1.82, 2.24) is 5.32 Å². The van der Waals surface area contributed by atoms with Crippen molar-refractivity contribution in [2.24, 2.45) is 0 Å². The van der Waals surface area contributed by atoms with Crippen LogP contribution in [0.2, 0.25) is 5.02 Å². The van der Waals surface area contributed by atoms with Crippen LogP contribution in [0.4, 0.5) is 18.0 Å². The Hall–Kier alpha value is -2.00. The highest BCUT2D eigenvalue weighted by Gasteiger charge is 2.33. The number of alkyl halides is 3. The third-order valence-corrected chi connectivity index (χ3v) is 3.36. The molecule has 0 unspecified atom stereocenters. The Bertz CT molecular complexity index is 658. The number of alkyl carbamates (subject to hydrolysis) is 1. The molecule has 0 aromatic heterocycles. The maximum atomic E-state index is 12.8. The number of amides is 1. The molecular weight excluding hydrogens is 379 g/mol. The van der Waals surface area contributed by atoms with Crippen LogP contribution >= 0.6 is 11.6 Å². The van der Waals surface area contributed by atoms with Gasteiger partial charge in [-0.05, 0) is 32.4 Å². The van der Waals surface area contributed by atoms with Gasteiger partial charge in [0.25, 0.3) is 0 Å². The van der Waals surface area contributed by atoms with Gasteiger partial charge in [-0.3, -0.25) is 0 Å². The number of carbonyl (C=O) groups excluding carboxylic acids is 1. The fraction of sp³-hybridized carbons (Fsp3) is 0.500. The zero-order chi connectivity index (χ0) is 20.1. The normalized spacial score (nSPS) is 13.2. The number of benzene rings is 1. The number of rotatable bonds is 6. The minimum absolute atomic E-state index is 0.0444. The molecule has 1 rings (SSSR count). The first kappa shape index (κ1) is 22.0. The number of ether oxygens (including phenoxy) is 2. The van der Waals surface area contributed by atoms with Gasteiger partial charge in [0, 0.05) is 0 Å². The molecule has 0 saturated carbocycles. The summed E-state index contributed by atoms with van der Waals surface area (Å²) in [6.07, 6.45) is -5.57. The number of carboxylic acid groups (broad SMARTS) is 1. The molecule has 1 aromatic rings. The van der Waals surface area contributed by atoms with E-state index in [0.717, 1.165) is 6.07 Å². The van der Waals surface area contributed by atoms with Crippen molar-refractivity contribution < 1.29 is 37.3 Å². The maximum Gasteiger partial charge on any atom is 0.417 e. The van der Waals surface area contributed by atoms with E-state index in [9.17, 15) is 22.8 Å². The monoisotopic (exact) mass is 397 g/mol. The molecule has 0 spiro atoms. The Kier molecular flexibility index (Phi) is 7.28. The largest absolute Gasteiger partial charge is 0.480 e. The van der Waals surface area contributed by atoms with Gasteiger partial charge in [-0.1, -0.05) is 23.7 Å². The first-order valence-corrected chi connectivity index (χ1v) is 7.83. The summed E-state index contributed by atoms with van der Waals surface area (Å²) in [7, 11) is 0. The van der Waals surface area contributed by atoms with Gasteiger partial charge in [0.2, 0.25) is 0 Å². The van der Waals surface area contributed by atoms with Crippen molar-refractivity contribution in [2.75, 3.05) is 6.61 Å². The van der Waals surface area contributed by atoms with Crippen LogP contribution in [0.1, 0.15) is 31.9 Å². The first-order valence-electron chi connectivity index (χ1n) is 7.46. The molecule has 2 N–H and O–H groups in total. The Morgan fingerprint density at radius 2 is 1.88 bits per heavy atom. The fourth-order valence-electron chi connectivity index (χ4n) is 1.82. The SMILES string of the molecule is CC(C)(C)OC(=O)N[C@H](COCc1cccc(C(F)(F)F)c1Cl)C(=O)O. The van der Waals surface area contributed by atoms with E-state index in [2.05, 4.69) is 5.32 Å². The molecule has 0 bridgehead atoms. The number of carboxylic acids is 1. The topological polar surface area (TPSA) is 84.9 Å². The van der Waals surface area contributed by atoms with Crippen molar-refractivity contribution in [1.29, 1.82) is 0 Å². The van der Waals surface area contributed by atoms with Gasteiger partial charge in [-0.2, -0.15) is 13.2 Å². The summed E-state index contributed by atoms with van der Waals surface area (Å²) in [5, 5.41) is 10.7. The van der Waals surface area contributed by atoms with Crippen molar-refractivity contribution in [2.45, 2.75) is 45.2 Å². The molecular formula is C16H19ClF3NO5. The minimum atomic E-state index is -4.62. The van der Waals surface area contributed by atoms with Gasteiger partial charge < -0.3 is 19.9 Å². The highest BCUT2D eigenvalue weighted by Crippen LogP contribution is 2.36. The summed E-state index contributed by atoms with van der Waals surface area (Å²) >= 11 is 5.72. The van der Waals surface area contributed by atoms with Gasteiger partial charge in [0.05, 0.1) is 23.8 Å². The molecule has 0 saturated heterocycles. The van der Waals surface area contributed by atoms with E-state index in [0.29, 0.717) is 0 Å². The number of carbonyl (C=O) groups is 2. The van der Waals surface area contributed by atoms with E-state index in [4.69, 9.17) is 26.2 Å². The van der Waals surface area contributed by atoms with Gasteiger partial charge in [-0.15, -0.1) is 0 Å². The van der Waals surface area contributed by atoms with E-state index in [1.165, 1.54) is 12.1 Å². The van der Waals surface area contributed by atoms with Crippen molar-refractivity contribution in [3.05, 3.63) is 34.3 Å². The number of nitrogens with one attached hydrogen (secondary N) is 1. The second kappa shape index (κ2) is 8.59. The summed E-state index contributed by atoms with van der Waals surface area (Å²) in [4.78, 5) is 22.8. The lowest BCUT2D eigenvalue weighted by Gasteiger charge is -2.22. The molecule has 6 nitrogen and oxygen atoms in total.